The molecule has 0 saturated carbocycles. The van der Waals surface area contributed by atoms with Gasteiger partial charge in [-0.25, -0.2) is 4.98 Å². The molecular weight excluding hydrogens is 460 g/mol. The minimum absolute atomic E-state index is 0. The molecule has 0 fully saturated rings. The number of aromatic hydroxyl groups is 2. The minimum Gasteiger partial charge on any atom is -0.507 e. The van der Waals surface area contributed by atoms with Crippen LogP contribution >= 0.6 is 0 Å². The normalized spacial score (nSPS) is 11.8. The molecule has 0 saturated heterocycles. The van der Waals surface area contributed by atoms with Gasteiger partial charge < -0.3 is 10.2 Å². The van der Waals surface area contributed by atoms with Gasteiger partial charge in [0.15, 0.2) is 11.6 Å². The van der Waals surface area contributed by atoms with Crippen molar-refractivity contribution in [3.63, 3.8) is 0 Å². The molecule has 11 nitrogen and oxygen atoms in total. The first-order valence-electron chi connectivity index (χ1n) is 7.29. The van der Waals surface area contributed by atoms with E-state index < -0.39 is 47.2 Å². The van der Waals surface area contributed by atoms with E-state index in [2.05, 4.69) is 15.2 Å². The number of phenols is 2. The summed E-state index contributed by atoms with van der Waals surface area (Å²) in [6.07, 6.45) is 1.39. The van der Waals surface area contributed by atoms with E-state index in [0.29, 0.717) is 6.07 Å². The summed E-state index contributed by atoms with van der Waals surface area (Å²) in [5, 5.41) is 27.1. The summed E-state index contributed by atoms with van der Waals surface area (Å²) in [7, 11) is -9.68. The van der Waals surface area contributed by atoms with Crippen molar-refractivity contribution >= 4 is 102 Å². The van der Waals surface area contributed by atoms with Crippen molar-refractivity contribution in [3.05, 3.63) is 42.6 Å². The first kappa shape index (κ1) is 26.9. The van der Waals surface area contributed by atoms with Gasteiger partial charge in [-0.05, 0) is 29.7 Å². The van der Waals surface area contributed by atoms with Crippen molar-refractivity contribution in [2.24, 2.45) is 10.2 Å². The predicted octanol–water partition coefficient (Wildman–Crippen LogP) is 1.79. The number of aromatic nitrogens is 1. The van der Waals surface area contributed by atoms with E-state index in [1.807, 2.05) is 0 Å². The first-order chi connectivity index (χ1) is 13.0. The molecule has 0 atom stereocenters. The molecule has 3 rings (SSSR count). The SMILES string of the molecule is O=S(=O)(O)c1cc(O)c2c(O)c(N=Nc3ccccn3)c(S(=O)(=O)O)cc2c1.[Na].[Na]. The number of azo groups is 1. The number of phenolic OH excluding ortho intramolecular Hbond substituents is 2. The van der Waals surface area contributed by atoms with Crippen LogP contribution in [0.2, 0.25) is 0 Å². The molecule has 4 N–H and O–H groups in total. The summed E-state index contributed by atoms with van der Waals surface area (Å²) in [5.74, 6) is -1.60. The van der Waals surface area contributed by atoms with E-state index in [-0.39, 0.29) is 75.7 Å². The van der Waals surface area contributed by atoms with E-state index in [1.165, 1.54) is 12.3 Å². The van der Waals surface area contributed by atoms with Crippen LogP contribution in [0.3, 0.4) is 0 Å². The average Bonchev–Trinajstić information content (AvgIpc) is 2.59. The number of rotatable bonds is 4. The molecule has 15 heteroatoms. The molecular formula is C15H11N3Na2O8S2. The van der Waals surface area contributed by atoms with E-state index >= 15 is 0 Å². The molecule has 0 aliphatic rings. The average molecular weight is 471 g/mol. The maximum absolute atomic E-state index is 11.7. The maximum Gasteiger partial charge on any atom is 0.296 e. The Labute approximate surface area is 215 Å². The molecule has 0 amide bonds. The number of hydrogen-bond acceptors (Lipinski definition) is 9. The second-order valence-corrected chi connectivity index (χ2v) is 8.26. The predicted molar refractivity (Wildman–Crippen MR) is 107 cm³/mol. The molecule has 0 aliphatic heterocycles. The van der Waals surface area contributed by atoms with Crippen LogP contribution in [0.4, 0.5) is 11.5 Å². The van der Waals surface area contributed by atoms with Crippen molar-refractivity contribution in [2.75, 3.05) is 0 Å². The molecule has 2 aromatic carbocycles. The summed E-state index contributed by atoms with van der Waals surface area (Å²) in [6, 6.07) is 6.84. The van der Waals surface area contributed by atoms with Gasteiger partial charge in [-0.15, -0.1) is 10.2 Å². The Morgan fingerprint density at radius 1 is 0.867 bits per heavy atom. The number of benzene rings is 2. The third-order valence-corrected chi connectivity index (χ3v) is 5.28. The van der Waals surface area contributed by atoms with Gasteiger partial charge in [0.25, 0.3) is 20.2 Å². The molecule has 3 aromatic rings. The molecule has 0 aliphatic carbocycles. The summed E-state index contributed by atoms with van der Waals surface area (Å²) >= 11 is 0. The van der Waals surface area contributed by atoms with E-state index in [4.69, 9.17) is 4.55 Å². The summed E-state index contributed by atoms with van der Waals surface area (Å²) in [6.45, 7) is 0. The van der Waals surface area contributed by atoms with Crippen molar-refractivity contribution < 1.29 is 36.2 Å². The Kier molecular flexibility index (Phi) is 8.96. The third-order valence-electron chi connectivity index (χ3n) is 3.58. The monoisotopic (exact) mass is 471 g/mol. The first-order valence-corrected chi connectivity index (χ1v) is 10.2. The fourth-order valence-corrected chi connectivity index (χ4v) is 3.59. The number of fused-ring (bicyclic) bond motifs is 1. The Morgan fingerprint density at radius 3 is 2.07 bits per heavy atom. The summed E-state index contributed by atoms with van der Waals surface area (Å²) in [4.78, 5) is 2.19. The van der Waals surface area contributed by atoms with Crippen molar-refractivity contribution in [2.45, 2.75) is 9.79 Å². The molecule has 0 bridgehead atoms. The van der Waals surface area contributed by atoms with Crippen LogP contribution in [0.5, 0.6) is 11.5 Å². The van der Waals surface area contributed by atoms with Gasteiger partial charge in [-0.1, -0.05) is 6.07 Å². The Morgan fingerprint density at radius 2 is 1.53 bits per heavy atom. The van der Waals surface area contributed by atoms with Crippen LogP contribution in [0.25, 0.3) is 10.8 Å². The second kappa shape index (κ2) is 9.99. The van der Waals surface area contributed by atoms with E-state index in [0.717, 1.165) is 12.1 Å². The zero-order valence-electron chi connectivity index (χ0n) is 15.6. The van der Waals surface area contributed by atoms with Crippen LogP contribution in [-0.4, -0.2) is 100 Å². The van der Waals surface area contributed by atoms with Crippen LogP contribution in [-0.2, 0) is 20.2 Å². The molecule has 148 valence electrons. The Balaban J connectivity index is 0.00000225. The standard InChI is InChI=1S/C15H11N3O8S2.2Na/c19-10-7-9(27(21,22)23)5-8-6-11(28(24,25)26)14(15(20)13(8)10)18-17-12-3-1-2-4-16-12;;/h1-7,19-20H,(H,21,22,23)(H,24,25,26);;. The fourth-order valence-electron chi connectivity index (χ4n) is 2.39. The summed E-state index contributed by atoms with van der Waals surface area (Å²) < 4.78 is 64.6. The number of nitrogens with zero attached hydrogens (tertiary/aromatic N) is 3. The maximum atomic E-state index is 11.7. The molecule has 0 unspecified atom stereocenters. The van der Waals surface area contributed by atoms with Gasteiger partial charge in [0.2, 0.25) is 0 Å². The molecule has 30 heavy (non-hydrogen) atoms. The van der Waals surface area contributed by atoms with E-state index in [1.54, 1.807) is 12.1 Å². The molecule has 1 aromatic heterocycles. The Hall–Kier alpha value is -1.13. The van der Waals surface area contributed by atoms with Gasteiger partial charge >= 0.3 is 0 Å². The van der Waals surface area contributed by atoms with Crippen molar-refractivity contribution in [1.29, 1.82) is 0 Å². The smallest absolute Gasteiger partial charge is 0.296 e. The van der Waals surface area contributed by atoms with Gasteiger partial charge in [0.05, 0.1) is 10.3 Å². The van der Waals surface area contributed by atoms with Crippen molar-refractivity contribution in [3.8, 4) is 11.5 Å². The number of pyridine rings is 1. The van der Waals surface area contributed by atoms with Gasteiger partial charge in [0, 0.05) is 71.4 Å². The minimum atomic E-state index is -4.94. The third kappa shape index (κ3) is 5.76. The van der Waals surface area contributed by atoms with Gasteiger partial charge in [-0.3, -0.25) is 9.11 Å². The Bertz CT molecular complexity index is 1330. The second-order valence-electron chi connectivity index (χ2n) is 5.45. The zero-order chi connectivity index (χ0) is 20.7. The fraction of sp³-hybridized carbons (Fsp3) is 0. The largest absolute Gasteiger partial charge is 0.507 e. The van der Waals surface area contributed by atoms with Crippen LogP contribution in [0.15, 0.2) is 62.6 Å². The van der Waals surface area contributed by atoms with Crippen molar-refractivity contribution in [1.82, 2.24) is 4.98 Å². The van der Waals surface area contributed by atoms with Crippen LogP contribution in [0.1, 0.15) is 0 Å². The molecule has 0 spiro atoms. The molecule has 2 radical (unpaired) electrons. The number of hydrogen-bond donors (Lipinski definition) is 4. The van der Waals surface area contributed by atoms with Crippen LogP contribution < -0.4 is 0 Å². The quantitative estimate of drug-likeness (QED) is 0.250. The van der Waals surface area contributed by atoms with Gasteiger partial charge in [0.1, 0.15) is 16.3 Å². The summed E-state index contributed by atoms with van der Waals surface area (Å²) in [5.41, 5.74) is -0.699. The molecule has 1 heterocycles. The zero-order valence-corrected chi connectivity index (χ0v) is 21.3. The topological polar surface area (TPSA) is 187 Å². The van der Waals surface area contributed by atoms with Crippen LogP contribution in [0, 0.1) is 0 Å². The van der Waals surface area contributed by atoms with Gasteiger partial charge in [-0.2, -0.15) is 16.8 Å². The van der Waals surface area contributed by atoms with E-state index in [9.17, 15) is 31.6 Å².